The molecule has 3 rings (SSSR count). The molecule has 132 valence electrons. The van der Waals surface area contributed by atoms with Gasteiger partial charge in [-0.2, -0.15) is 0 Å². The van der Waals surface area contributed by atoms with Crippen molar-refractivity contribution in [3.63, 3.8) is 0 Å². The summed E-state index contributed by atoms with van der Waals surface area (Å²) in [6, 6.07) is 1.95. The summed E-state index contributed by atoms with van der Waals surface area (Å²) in [5.74, 6) is -0.781. The second-order valence-electron chi connectivity index (χ2n) is 6.94. The monoisotopic (exact) mass is 343 g/mol. The Morgan fingerprint density at radius 3 is 2.48 bits per heavy atom. The number of allylic oxidation sites excluding steroid dienone is 1. The maximum atomic E-state index is 13.1. The molecule has 7 nitrogen and oxygen atoms in total. The van der Waals surface area contributed by atoms with Crippen LogP contribution in [0.3, 0.4) is 0 Å². The van der Waals surface area contributed by atoms with E-state index in [1.165, 1.54) is 16.7 Å². The Bertz CT molecular complexity index is 957. The number of hydrogen-bond acceptors (Lipinski definition) is 5. The van der Waals surface area contributed by atoms with E-state index in [2.05, 4.69) is 10.3 Å². The number of aromatic hydroxyl groups is 2. The zero-order valence-corrected chi connectivity index (χ0v) is 14.6. The lowest BCUT2D eigenvalue weighted by Gasteiger charge is -2.31. The second-order valence-corrected chi connectivity index (χ2v) is 6.94. The molecule has 1 aromatic carbocycles. The minimum atomic E-state index is -0.695. The minimum Gasteiger partial charge on any atom is -0.504 e. The Balaban J connectivity index is 2.45. The van der Waals surface area contributed by atoms with Gasteiger partial charge in [0.15, 0.2) is 17.3 Å². The van der Waals surface area contributed by atoms with Crippen molar-refractivity contribution in [3.05, 3.63) is 34.4 Å². The minimum absolute atomic E-state index is 0.0181. The van der Waals surface area contributed by atoms with Crippen molar-refractivity contribution in [2.75, 3.05) is 0 Å². The van der Waals surface area contributed by atoms with E-state index in [1.54, 1.807) is 6.08 Å². The molecule has 0 unspecified atom stereocenters. The van der Waals surface area contributed by atoms with Gasteiger partial charge in [-0.3, -0.25) is 14.2 Å². The lowest BCUT2D eigenvalue weighted by Crippen LogP contribution is -2.46. The Morgan fingerprint density at radius 1 is 1.20 bits per heavy atom. The van der Waals surface area contributed by atoms with Crippen molar-refractivity contribution in [1.29, 1.82) is 0 Å². The van der Waals surface area contributed by atoms with Gasteiger partial charge < -0.3 is 15.5 Å². The first-order valence-electron chi connectivity index (χ1n) is 8.22. The van der Waals surface area contributed by atoms with Gasteiger partial charge in [0.1, 0.15) is 11.6 Å². The first-order valence-corrected chi connectivity index (χ1v) is 8.22. The van der Waals surface area contributed by atoms with Crippen LogP contribution in [0.4, 0.5) is 0 Å². The molecule has 3 N–H and O–H groups in total. The number of phenols is 2. The molecule has 7 heteroatoms. The van der Waals surface area contributed by atoms with Gasteiger partial charge in [-0.05, 0) is 24.0 Å². The molecule has 0 spiro atoms. The molecule has 1 aliphatic heterocycles. The average Bonchev–Trinajstić information content (AvgIpc) is 2.51. The highest BCUT2D eigenvalue weighted by Crippen LogP contribution is 2.34. The topological polar surface area (TPSA) is 104 Å². The summed E-state index contributed by atoms with van der Waals surface area (Å²) in [5.41, 5.74) is 0.0294. The highest BCUT2D eigenvalue weighted by Gasteiger charge is 2.35. The molecule has 2 heterocycles. The molecular weight excluding hydrogens is 322 g/mol. The number of carbonyl (C=O) groups is 1. The van der Waals surface area contributed by atoms with Crippen LogP contribution < -0.4 is 10.9 Å². The summed E-state index contributed by atoms with van der Waals surface area (Å²) in [6.07, 6.45) is 1.80. The molecule has 1 atom stereocenters. The second kappa shape index (κ2) is 5.91. The molecule has 1 aliphatic rings. The van der Waals surface area contributed by atoms with Gasteiger partial charge in [-0.25, -0.2) is 4.98 Å². The smallest absolute Gasteiger partial charge is 0.262 e. The number of amides is 1. The van der Waals surface area contributed by atoms with Crippen molar-refractivity contribution in [1.82, 2.24) is 14.9 Å². The van der Waals surface area contributed by atoms with Crippen LogP contribution in [0.5, 0.6) is 11.5 Å². The molecule has 0 radical (unpaired) electrons. The molecule has 0 saturated carbocycles. The normalized spacial score (nSPS) is 18.9. The lowest BCUT2D eigenvalue weighted by molar-refractivity contribution is -0.125. The summed E-state index contributed by atoms with van der Waals surface area (Å²) >= 11 is 0. The summed E-state index contributed by atoms with van der Waals surface area (Å²) in [5, 5.41) is 22.8. The third kappa shape index (κ3) is 2.65. The first kappa shape index (κ1) is 17.0. The Hall–Kier alpha value is -2.83. The van der Waals surface area contributed by atoms with Crippen LogP contribution in [0.15, 0.2) is 23.0 Å². The number of aromatic nitrogens is 2. The summed E-state index contributed by atoms with van der Waals surface area (Å²) in [7, 11) is 0. The lowest BCUT2D eigenvalue weighted by atomic mass is 9.99. The highest BCUT2D eigenvalue weighted by molar-refractivity contribution is 5.94. The van der Waals surface area contributed by atoms with Crippen LogP contribution >= 0.6 is 0 Å². The Labute approximate surface area is 144 Å². The number of benzene rings is 1. The van der Waals surface area contributed by atoms with Gasteiger partial charge in [0.25, 0.3) is 5.56 Å². The summed E-state index contributed by atoms with van der Waals surface area (Å²) in [6.45, 7) is 7.60. The summed E-state index contributed by atoms with van der Waals surface area (Å²) in [4.78, 5) is 30.0. The van der Waals surface area contributed by atoms with E-state index in [4.69, 9.17) is 0 Å². The molecule has 1 amide bonds. The maximum absolute atomic E-state index is 13.1. The number of fused-ring (bicyclic) bond motifs is 2. The SMILES string of the molecule is CC(C)/C=C1\NC(=O)[C@H](C(C)C)n2c1nc1c(O)c(O)ccc1c2=O. The fraction of sp³-hybridized carbons (Fsp3) is 0.389. The average molecular weight is 343 g/mol. The van der Waals surface area contributed by atoms with Crippen molar-refractivity contribution in [3.8, 4) is 11.5 Å². The Kier molecular flexibility index (Phi) is 4.02. The predicted octanol–water partition coefficient (Wildman–Crippen LogP) is 2.13. The van der Waals surface area contributed by atoms with Crippen molar-refractivity contribution < 1.29 is 15.0 Å². The number of nitrogens with one attached hydrogen (secondary N) is 1. The predicted molar refractivity (Wildman–Crippen MR) is 94.2 cm³/mol. The van der Waals surface area contributed by atoms with Crippen LogP contribution in [-0.4, -0.2) is 25.7 Å². The largest absolute Gasteiger partial charge is 0.504 e. The van der Waals surface area contributed by atoms with E-state index in [9.17, 15) is 19.8 Å². The first-order chi connectivity index (χ1) is 11.7. The van der Waals surface area contributed by atoms with Crippen LogP contribution in [0.1, 0.15) is 39.6 Å². The van der Waals surface area contributed by atoms with Gasteiger partial charge in [0.05, 0.1) is 11.1 Å². The zero-order chi connectivity index (χ0) is 18.5. The molecule has 1 aromatic heterocycles. The maximum Gasteiger partial charge on any atom is 0.262 e. The van der Waals surface area contributed by atoms with Gasteiger partial charge in [-0.1, -0.05) is 33.8 Å². The molecule has 0 saturated heterocycles. The quantitative estimate of drug-likeness (QED) is 0.725. The number of rotatable bonds is 2. The van der Waals surface area contributed by atoms with Gasteiger partial charge in [-0.15, -0.1) is 0 Å². The molecular formula is C18H21N3O4. The zero-order valence-electron chi connectivity index (χ0n) is 14.6. The highest BCUT2D eigenvalue weighted by atomic mass is 16.3. The Morgan fingerprint density at radius 2 is 1.88 bits per heavy atom. The fourth-order valence-electron chi connectivity index (χ4n) is 3.12. The molecule has 0 bridgehead atoms. The standard InChI is InChI=1S/C18H21N3O4/c1-8(2)7-11-16-20-13-10(5-6-12(22)15(13)23)18(25)21(16)14(9(3)4)17(24)19-11/h5-9,14,22-23H,1-4H3,(H,19,24)/b11-7-/t14-/m0/s1. The van der Waals surface area contributed by atoms with E-state index >= 15 is 0 Å². The van der Waals surface area contributed by atoms with Crippen LogP contribution in [-0.2, 0) is 4.79 Å². The van der Waals surface area contributed by atoms with Crippen molar-refractivity contribution in [2.24, 2.45) is 11.8 Å². The van der Waals surface area contributed by atoms with Crippen LogP contribution in [0, 0.1) is 11.8 Å². The van der Waals surface area contributed by atoms with E-state index in [-0.39, 0.29) is 40.2 Å². The molecule has 25 heavy (non-hydrogen) atoms. The number of nitrogens with zero attached hydrogens (tertiary/aromatic N) is 2. The fourth-order valence-corrected chi connectivity index (χ4v) is 3.12. The molecule has 0 aliphatic carbocycles. The van der Waals surface area contributed by atoms with Gasteiger partial charge in [0, 0.05) is 0 Å². The van der Waals surface area contributed by atoms with Gasteiger partial charge in [0.2, 0.25) is 5.91 Å². The van der Waals surface area contributed by atoms with Gasteiger partial charge >= 0.3 is 0 Å². The van der Waals surface area contributed by atoms with Crippen molar-refractivity contribution >= 4 is 22.5 Å². The third-order valence-electron chi connectivity index (χ3n) is 4.20. The van der Waals surface area contributed by atoms with E-state index < -0.39 is 17.4 Å². The number of hydrogen-bond donors (Lipinski definition) is 3. The third-order valence-corrected chi connectivity index (χ3v) is 4.20. The summed E-state index contributed by atoms with van der Waals surface area (Å²) < 4.78 is 1.39. The van der Waals surface area contributed by atoms with E-state index in [1.807, 2.05) is 27.7 Å². The molecule has 0 fully saturated rings. The molecule has 2 aromatic rings. The van der Waals surface area contributed by atoms with Crippen LogP contribution in [0.2, 0.25) is 0 Å². The van der Waals surface area contributed by atoms with E-state index in [0.29, 0.717) is 5.70 Å². The number of carbonyl (C=O) groups excluding carboxylic acids is 1. The van der Waals surface area contributed by atoms with Crippen molar-refractivity contribution in [2.45, 2.75) is 33.7 Å². The number of phenolic OH excluding ortho intramolecular Hbond substituents is 2. The van der Waals surface area contributed by atoms with Crippen LogP contribution in [0.25, 0.3) is 16.6 Å². The van der Waals surface area contributed by atoms with E-state index in [0.717, 1.165) is 0 Å².